The Labute approximate surface area is 131 Å². The standard InChI is InChI=1S/C18H24N2O2/c1-2-3-4-8-13-19-17(21)11-12-18-20-14-16(22-18)15-9-6-5-7-10-15/h5-7,9-10,14H,2-4,8,11-13H2,1H3,(H,19,21). The van der Waals surface area contributed by atoms with Gasteiger partial charge >= 0.3 is 0 Å². The first kappa shape index (κ1) is 16.3. The van der Waals surface area contributed by atoms with E-state index in [-0.39, 0.29) is 5.91 Å². The van der Waals surface area contributed by atoms with E-state index in [1.54, 1.807) is 6.20 Å². The summed E-state index contributed by atoms with van der Waals surface area (Å²) in [5.74, 6) is 1.42. The molecule has 118 valence electrons. The van der Waals surface area contributed by atoms with Gasteiger partial charge in [0.25, 0.3) is 0 Å². The zero-order valence-corrected chi connectivity index (χ0v) is 13.2. The molecule has 0 fully saturated rings. The lowest BCUT2D eigenvalue weighted by molar-refractivity contribution is -0.121. The number of unbranched alkanes of at least 4 members (excludes halogenated alkanes) is 3. The maximum Gasteiger partial charge on any atom is 0.220 e. The first-order valence-corrected chi connectivity index (χ1v) is 8.06. The number of benzene rings is 1. The Hall–Kier alpha value is -2.10. The Morgan fingerprint density at radius 3 is 2.77 bits per heavy atom. The fourth-order valence-corrected chi connectivity index (χ4v) is 2.25. The van der Waals surface area contributed by atoms with Gasteiger partial charge in [0.2, 0.25) is 5.91 Å². The van der Waals surface area contributed by atoms with Crippen molar-refractivity contribution in [3.63, 3.8) is 0 Å². The molecule has 0 saturated heterocycles. The summed E-state index contributed by atoms with van der Waals surface area (Å²) in [6.45, 7) is 2.94. The third-order valence-corrected chi connectivity index (χ3v) is 3.53. The van der Waals surface area contributed by atoms with E-state index in [9.17, 15) is 4.79 Å². The molecule has 0 aliphatic carbocycles. The molecule has 0 atom stereocenters. The van der Waals surface area contributed by atoms with Gasteiger partial charge in [0.05, 0.1) is 6.20 Å². The number of amides is 1. The number of nitrogens with one attached hydrogen (secondary N) is 1. The Balaban J connectivity index is 1.71. The fourth-order valence-electron chi connectivity index (χ4n) is 2.25. The van der Waals surface area contributed by atoms with Crippen LogP contribution in [0.4, 0.5) is 0 Å². The van der Waals surface area contributed by atoms with Crippen molar-refractivity contribution in [3.8, 4) is 11.3 Å². The number of aromatic nitrogens is 1. The van der Waals surface area contributed by atoms with Crippen LogP contribution in [0.2, 0.25) is 0 Å². The molecule has 0 aliphatic rings. The highest BCUT2D eigenvalue weighted by atomic mass is 16.4. The molecule has 4 heteroatoms. The van der Waals surface area contributed by atoms with Crippen molar-refractivity contribution in [2.45, 2.75) is 45.4 Å². The van der Waals surface area contributed by atoms with E-state index >= 15 is 0 Å². The van der Waals surface area contributed by atoms with Crippen LogP contribution < -0.4 is 5.32 Å². The number of hydrogen-bond donors (Lipinski definition) is 1. The van der Waals surface area contributed by atoms with Crippen molar-refractivity contribution in [1.82, 2.24) is 10.3 Å². The van der Waals surface area contributed by atoms with Gasteiger partial charge in [0, 0.05) is 24.9 Å². The number of hydrogen-bond acceptors (Lipinski definition) is 3. The van der Waals surface area contributed by atoms with Gasteiger partial charge in [-0.2, -0.15) is 0 Å². The minimum atomic E-state index is 0.0657. The van der Waals surface area contributed by atoms with Gasteiger partial charge in [-0.1, -0.05) is 56.5 Å². The fraction of sp³-hybridized carbons (Fsp3) is 0.444. The van der Waals surface area contributed by atoms with Crippen molar-refractivity contribution in [2.75, 3.05) is 6.54 Å². The molecule has 0 bridgehead atoms. The molecule has 0 unspecified atom stereocenters. The van der Waals surface area contributed by atoms with Crippen LogP contribution in [0.1, 0.15) is 44.9 Å². The van der Waals surface area contributed by atoms with E-state index in [1.807, 2.05) is 30.3 Å². The predicted molar refractivity (Wildman–Crippen MR) is 87.4 cm³/mol. The van der Waals surface area contributed by atoms with Crippen LogP contribution in [0.5, 0.6) is 0 Å². The summed E-state index contributed by atoms with van der Waals surface area (Å²) >= 11 is 0. The van der Waals surface area contributed by atoms with Crippen molar-refractivity contribution in [1.29, 1.82) is 0 Å². The summed E-state index contributed by atoms with van der Waals surface area (Å²) in [5, 5.41) is 2.94. The number of aryl methyl sites for hydroxylation is 1. The molecule has 1 N–H and O–H groups in total. The van der Waals surface area contributed by atoms with Gasteiger partial charge in [-0.25, -0.2) is 4.98 Å². The molecule has 2 aromatic rings. The second-order valence-electron chi connectivity index (χ2n) is 5.39. The first-order valence-electron chi connectivity index (χ1n) is 8.06. The second-order valence-corrected chi connectivity index (χ2v) is 5.39. The van der Waals surface area contributed by atoms with Gasteiger partial charge in [-0.15, -0.1) is 0 Å². The first-order chi connectivity index (χ1) is 10.8. The van der Waals surface area contributed by atoms with Crippen molar-refractivity contribution >= 4 is 5.91 Å². The summed E-state index contributed by atoms with van der Waals surface area (Å²) in [6.07, 6.45) is 7.34. The summed E-state index contributed by atoms with van der Waals surface area (Å²) in [5.41, 5.74) is 1.00. The third kappa shape index (κ3) is 5.35. The average Bonchev–Trinajstić information content (AvgIpc) is 3.02. The van der Waals surface area contributed by atoms with E-state index < -0.39 is 0 Å². The largest absolute Gasteiger partial charge is 0.441 e. The van der Waals surface area contributed by atoms with Crippen LogP contribution in [0, 0.1) is 0 Å². The van der Waals surface area contributed by atoms with Crippen molar-refractivity contribution < 1.29 is 9.21 Å². The highest BCUT2D eigenvalue weighted by molar-refractivity contribution is 5.75. The monoisotopic (exact) mass is 300 g/mol. The van der Waals surface area contributed by atoms with Gasteiger partial charge in [-0.3, -0.25) is 4.79 Å². The molecule has 0 saturated carbocycles. The smallest absolute Gasteiger partial charge is 0.220 e. The molecule has 4 nitrogen and oxygen atoms in total. The van der Waals surface area contributed by atoms with Gasteiger partial charge in [0.1, 0.15) is 0 Å². The van der Waals surface area contributed by atoms with Crippen LogP contribution >= 0.6 is 0 Å². The molecule has 0 spiro atoms. The Kier molecular flexibility index (Phi) is 6.68. The number of nitrogens with zero attached hydrogens (tertiary/aromatic N) is 1. The number of rotatable bonds is 9. The number of oxazole rings is 1. The highest BCUT2D eigenvalue weighted by Gasteiger charge is 2.08. The SMILES string of the molecule is CCCCCCNC(=O)CCc1ncc(-c2ccccc2)o1. The molecular weight excluding hydrogens is 276 g/mol. The van der Waals surface area contributed by atoms with Gasteiger partial charge in [0.15, 0.2) is 11.7 Å². The lowest BCUT2D eigenvalue weighted by atomic mass is 10.2. The Bertz CT molecular complexity index is 563. The molecule has 0 aliphatic heterocycles. The Morgan fingerprint density at radius 2 is 2.00 bits per heavy atom. The second kappa shape index (κ2) is 9.03. The number of carbonyl (C=O) groups excluding carboxylic acids is 1. The third-order valence-electron chi connectivity index (χ3n) is 3.53. The minimum absolute atomic E-state index is 0.0657. The van der Waals surface area contributed by atoms with Crippen LogP contribution in [0.3, 0.4) is 0 Å². The van der Waals surface area contributed by atoms with Gasteiger partial charge in [-0.05, 0) is 6.42 Å². The van der Waals surface area contributed by atoms with Crippen LogP contribution in [-0.4, -0.2) is 17.4 Å². The summed E-state index contributed by atoms with van der Waals surface area (Å²) in [7, 11) is 0. The van der Waals surface area contributed by atoms with Crippen LogP contribution in [0.15, 0.2) is 40.9 Å². The number of carbonyl (C=O) groups is 1. The summed E-state index contributed by atoms with van der Waals surface area (Å²) in [4.78, 5) is 16.0. The van der Waals surface area contributed by atoms with Crippen molar-refractivity contribution in [2.24, 2.45) is 0 Å². The quantitative estimate of drug-likeness (QED) is 0.713. The topological polar surface area (TPSA) is 55.1 Å². The van der Waals surface area contributed by atoms with E-state index in [1.165, 1.54) is 19.3 Å². The molecule has 1 heterocycles. The molecule has 22 heavy (non-hydrogen) atoms. The maximum absolute atomic E-state index is 11.7. The summed E-state index contributed by atoms with van der Waals surface area (Å²) in [6, 6.07) is 9.85. The average molecular weight is 300 g/mol. The van der Waals surface area contributed by atoms with Crippen molar-refractivity contribution in [3.05, 3.63) is 42.4 Å². The lowest BCUT2D eigenvalue weighted by Gasteiger charge is -2.03. The maximum atomic E-state index is 11.7. The zero-order valence-electron chi connectivity index (χ0n) is 13.2. The highest BCUT2D eigenvalue weighted by Crippen LogP contribution is 2.20. The zero-order chi connectivity index (χ0) is 15.6. The molecule has 1 amide bonds. The van der Waals surface area contributed by atoms with E-state index in [4.69, 9.17) is 4.42 Å². The molecular formula is C18H24N2O2. The lowest BCUT2D eigenvalue weighted by Crippen LogP contribution is -2.24. The normalized spacial score (nSPS) is 10.6. The molecule has 1 aromatic carbocycles. The molecule has 1 aromatic heterocycles. The van der Waals surface area contributed by atoms with E-state index in [0.717, 1.165) is 24.3 Å². The predicted octanol–water partition coefficient (Wildman–Crippen LogP) is 3.97. The van der Waals surface area contributed by atoms with E-state index in [0.29, 0.717) is 18.7 Å². The molecule has 2 rings (SSSR count). The Morgan fingerprint density at radius 1 is 1.18 bits per heavy atom. The summed E-state index contributed by atoms with van der Waals surface area (Å²) < 4.78 is 5.69. The minimum Gasteiger partial charge on any atom is -0.441 e. The van der Waals surface area contributed by atoms with E-state index in [2.05, 4.69) is 17.2 Å². The van der Waals surface area contributed by atoms with Crippen LogP contribution in [-0.2, 0) is 11.2 Å². The van der Waals surface area contributed by atoms with Crippen LogP contribution in [0.25, 0.3) is 11.3 Å². The van der Waals surface area contributed by atoms with Gasteiger partial charge < -0.3 is 9.73 Å². The molecule has 0 radical (unpaired) electrons.